The Hall–Kier alpha value is -4.32. The summed E-state index contributed by atoms with van der Waals surface area (Å²) in [5, 5.41) is 12.3. The van der Waals surface area contributed by atoms with E-state index in [1.165, 1.54) is 24.3 Å². The molecule has 1 atom stereocenters. The van der Waals surface area contributed by atoms with Crippen molar-refractivity contribution in [1.29, 1.82) is 5.26 Å². The van der Waals surface area contributed by atoms with Crippen LogP contribution in [0, 0.1) is 34.8 Å². The van der Waals surface area contributed by atoms with Gasteiger partial charge in [0, 0.05) is 38.3 Å². The minimum Gasteiger partial charge on any atom is -0.357 e. The summed E-state index contributed by atoms with van der Waals surface area (Å²) >= 11 is 0. The maximum Gasteiger partial charge on any atom is 0.231 e. The first-order valence-corrected chi connectivity index (χ1v) is 15.1. The zero-order valence-electron chi connectivity index (χ0n) is 24.0. The van der Waals surface area contributed by atoms with Gasteiger partial charge in [0.1, 0.15) is 23.5 Å². The number of nitrogens with zero attached hydrogens (tertiary/aromatic N) is 4. The zero-order chi connectivity index (χ0) is 30.0. The molecule has 2 amide bonds. The van der Waals surface area contributed by atoms with Crippen molar-refractivity contribution >= 4 is 17.6 Å². The van der Waals surface area contributed by atoms with Gasteiger partial charge in [0.15, 0.2) is 0 Å². The first kappa shape index (κ1) is 28.8. The molecule has 2 aliphatic heterocycles. The Bertz CT molecular complexity index is 1500. The number of rotatable bonds is 7. The van der Waals surface area contributed by atoms with Gasteiger partial charge in [0.05, 0.1) is 17.0 Å². The highest BCUT2D eigenvalue weighted by Crippen LogP contribution is 2.43. The number of carbonyl (C=O) groups is 2. The van der Waals surface area contributed by atoms with Crippen LogP contribution in [-0.2, 0) is 15.0 Å². The maximum atomic E-state index is 14.2. The molecule has 2 saturated heterocycles. The van der Waals surface area contributed by atoms with Gasteiger partial charge in [-0.2, -0.15) is 5.26 Å². The number of piperidine rings is 2. The molecule has 7 nitrogen and oxygen atoms in total. The molecule has 3 heterocycles. The summed E-state index contributed by atoms with van der Waals surface area (Å²) in [5.74, 6) is 0.200. The fourth-order valence-electron chi connectivity index (χ4n) is 6.66. The number of aromatic nitrogens is 1. The molecule has 0 bridgehead atoms. The summed E-state index contributed by atoms with van der Waals surface area (Å²) in [6, 6.07) is 17.9. The van der Waals surface area contributed by atoms with E-state index < -0.39 is 5.41 Å². The van der Waals surface area contributed by atoms with Crippen molar-refractivity contribution in [2.75, 3.05) is 31.1 Å². The van der Waals surface area contributed by atoms with Crippen LogP contribution < -0.4 is 10.2 Å². The highest BCUT2D eigenvalue weighted by molar-refractivity contribution is 5.89. The van der Waals surface area contributed by atoms with Gasteiger partial charge >= 0.3 is 0 Å². The number of nitrogens with one attached hydrogen (secondary N) is 1. The molecular formula is C34H35F2N5O2. The molecule has 1 N–H and O–H groups in total. The fourth-order valence-corrected chi connectivity index (χ4v) is 6.66. The molecule has 1 aliphatic carbocycles. The van der Waals surface area contributed by atoms with Crippen LogP contribution in [0.25, 0.3) is 0 Å². The van der Waals surface area contributed by atoms with Crippen molar-refractivity contribution in [3.63, 3.8) is 0 Å². The van der Waals surface area contributed by atoms with Crippen LogP contribution in [0.4, 0.5) is 14.6 Å². The molecule has 1 aromatic heterocycles. The number of likely N-dealkylation sites (tertiary alicyclic amines) is 1. The minimum absolute atomic E-state index is 0.103. The van der Waals surface area contributed by atoms with Crippen LogP contribution in [0.5, 0.6) is 0 Å². The molecule has 0 unspecified atom stereocenters. The molecule has 6 rings (SSSR count). The van der Waals surface area contributed by atoms with Crippen molar-refractivity contribution in [3.05, 3.63) is 95.2 Å². The Morgan fingerprint density at radius 3 is 2.26 bits per heavy atom. The predicted octanol–water partition coefficient (Wildman–Crippen LogP) is 5.28. The number of halogens is 2. The van der Waals surface area contributed by atoms with Crippen LogP contribution in [0.1, 0.15) is 61.3 Å². The van der Waals surface area contributed by atoms with E-state index in [1.54, 1.807) is 30.5 Å². The number of hydrogen-bond acceptors (Lipinski definition) is 5. The second-order valence-electron chi connectivity index (χ2n) is 12.0. The third-order valence-electron chi connectivity index (χ3n) is 9.39. The molecule has 43 heavy (non-hydrogen) atoms. The van der Waals surface area contributed by atoms with E-state index in [0.29, 0.717) is 57.4 Å². The SMILES string of the molecule is N#Cc1ccc(N2CCC(C(=O)N3CCC(C(=O)N[C@H](c4cccc(F)c4)C4CC4)(c4ccc(F)cc4)CC3)CC2)nc1. The van der Waals surface area contributed by atoms with Crippen LogP contribution in [0.2, 0.25) is 0 Å². The van der Waals surface area contributed by atoms with E-state index in [0.717, 1.165) is 29.8 Å². The Labute approximate surface area is 250 Å². The Kier molecular flexibility index (Phi) is 8.11. The predicted molar refractivity (Wildman–Crippen MR) is 158 cm³/mol. The van der Waals surface area contributed by atoms with Crippen LogP contribution in [0.3, 0.4) is 0 Å². The summed E-state index contributed by atoms with van der Waals surface area (Å²) in [7, 11) is 0. The average molecular weight is 584 g/mol. The number of amides is 2. The number of nitriles is 1. The van der Waals surface area contributed by atoms with Crippen molar-refractivity contribution in [2.24, 2.45) is 11.8 Å². The average Bonchev–Trinajstić information content (AvgIpc) is 3.89. The summed E-state index contributed by atoms with van der Waals surface area (Å²) in [6.45, 7) is 2.26. The van der Waals surface area contributed by atoms with E-state index in [1.807, 2.05) is 17.0 Å². The molecule has 0 spiro atoms. The van der Waals surface area contributed by atoms with E-state index in [9.17, 15) is 18.4 Å². The third-order valence-corrected chi connectivity index (χ3v) is 9.39. The lowest BCUT2D eigenvalue weighted by Crippen LogP contribution is -2.54. The largest absolute Gasteiger partial charge is 0.357 e. The number of hydrogen-bond donors (Lipinski definition) is 1. The first-order chi connectivity index (χ1) is 20.9. The van der Waals surface area contributed by atoms with Crippen LogP contribution in [0.15, 0.2) is 66.9 Å². The van der Waals surface area contributed by atoms with Gasteiger partial charge in [-0.15, -0.1) is 0 Å². The Balaban J connectivity index is 1.14. The zero-order valence-corrected chi connectivity index (χ0v) is 24.0. The molecule has 3 aliphatic rings. The first-order valence-electron chi connectivity index (χ1n) is 15.1. The maximum absolute atomic E-state index is 14.2. The summed E-state index contributed by atoms with van der Waals surface area (Å²) in [5.41, 5.74) is 1.08. The monoisotopic (exact) mass is 583 g/mol. The van der Waals surface area contributed by atoms with E-state index in [-0.39, 0.29) is 41.3 Å². The van der Waals surface area contributed by atoms with Crippen molar-refractivity contribution in [3.8, 4) is 6.07 Å². The molecule has 3 fully saturated rings. The fraction of sp³-hybridized carbons (Fsp3) is 0.412. The number of carbonyl (C=O) groups excluding carboxylic acids is 2. The smallest absolute Gasteiger partial charge is 0.231 e. The molecule has 3 aromatic rings. The second-order valence-corrected chi connectivity index (χ2v) is 12.0. The summed E-state index contributed by atoms with van der Waals surface area (Å²) < 4.78 is 28.0. The molecule has 1 saturated carbocycles. The van der Waals surface area contributed by atoms with E-state index >= 15 is 0 Å². The summed E-state index contributed by atoms with van der Waals surface area (Å²) in [6.07, 6.45) is 5.75. The third kappa shape index (κ3) is 6.10. The lowest BCUT2D eigenvalue weighted by Gasteiger charge is -2.43. The van der Waals surface area contributed by atoms with Crippen molar-refractivity contribution < 1.29 is 18.4 Å². The standard InChI is InChI=1S/C34H35F2N5O2/c35-28-9-7-27(8-10-28)34(33(43)39-31(24-5-6-24)26-2-1-3-29(36)20-26)14-18-41(19-15-34)32(42)25-12-16-40(17-13-25)30-11-4-23(21-37)22-38-30/h1-4,7-11,20,22,24-25,31H,5-6,12-19H2,(H,39,43)/t31-/m0/s1. The highest BCUT2D eigenvalue weighted by Gasteiger charge is 2.46. The molecular weight excluding hydrogens is 548 g/mol. The number of anilines is 1. The van der Waals surface area contributed by atoms with Gasteiger partial charge in [-0.25, -0.2) is 13.8 Å². The lowest BCUT2D eigenvalue weighted by molar-refractivity contribution is -0.141. The summed E-state index contributed by atoms with van der Waals surface area (Å²) in [4.78, 5) is 36.2. The topological polar surface area (TPSA) is 89.3 Å². The van der Waals surface area contributed by atoms with Gasteiger partial charge in [-0.05, 0) is 92.0 Å². The van der Waals surface area contributed by atoms with Gasteiger partial charge < -0.3 is 15.1 Å². The number of pyridine rings is 1. The number of benzene rings is 2. The molecule has 0 radical (unpaired) electrons. The van der Waals surface area contributed by atoms with Gasteiger partial charge in [0.2, 0.25) is 11.8 Å². The quantitative estimate of drug-likeness (QED) is 0.409. The van der Waals surface area contributed by atoms with Gasteiger partial charge in [-0.3, -0.25) is 9.59 Å². The van der Waals surface area contributed by atoms with Crippen LogP contribution >= 0.6 is 0 Å². The van der Waals surface area contributed by atoms with Crippen molar-refractivity contribution in [2.45, 2.75) is 50.0 Å². The second kappa shape index (κ2) is 12.1. The Morgan fingerprint density at radius 1 is 0.930 bits per heavy atom. The minimum atomic E-state index is -0.921. The molecule has 222 valence electrons. The Morgan fingerprint density at radius 2 is 1.65 bits per heavy atom. The van der Waals surface area contributed by atoms with E-state index in [4.69, 9.17) is 5.26 Å². The highest BCUT2D eigenvalue weighted by atomic mass is 19.1. The van der Waals surface area contributed by atoms with E-state index in [2.05, 4.69) is 21.3 Å². The van der Waals surface area contributed by atoms with Gasteiger partial charge in [-0.1, -0.05) is 24.3 Å². The molecule has 9 heteroatoms. The molecule has 2 aromatic carbocycles. The lowest BCUT2D eigenvalue weighted by atomic mass is 9.71. The normalized spacial score (nSPS) is 19.4. The van der Waals surface area contributed by atoms with Gasteiger partial charge in [0.25, 0.3) is 0 Å². The van der Waals surface area contributed by atoms with Crippen molar-refractivity contribution in [1.82, 2.24) is 15.2 Å². The van der Waals surface area contributed by atoms with Crippen LogP contribution in [-0.4, -0.2) is 47.9 Å².